The van der Waals surface area contributed by atoms with Crippen LogP contribution in [0.2, 0.25) is 0 Å². The van der Waals surface area contributed by atoms with Gasteiger partial charge in [-0.25, -0.2) is 9.48 Å². The van der Waals surface area contributed by atoms with Crippen LogP contribution in [-0.2, 0) is 16.1 Å². The standard InChI is InChI=1S/C11H19N5O3/c1-3-5-6-13-8(17)7-16-10(12)9(14-15-16)11(18)19-4-2/h3-7,12H2,1-2H3,(H,13,17). The molecule has 0 aromatic carbocycles. The summed E-state index contributed by atoms with van der Waals surface area (Å²) in [6.07, 6.45) is 1.91. The van der Waals surface area contributed by atoms with Gasteiger partial charge in [0.15, 0.2) is 5.82 Å². The first-order valence-corrected chi connectivity index (χ1v) is 6.22. The van der Waals surface area contributed by atoms with E-state index in [1.807, 2.05) is 6.92 Å². The van der Waals surface area contributed by atoms with E-state index in [0.29, 0.717) is 6.54 Å². The topological polar surface area (TPSA) is 112 Å². The largest absolute Gasteiger partial charge is 0.461 e. The molecule has 0 aliphatic carbocycles. The second-order valence-corrected chi connectivity index (χ2v) is 3.90. The van der Waals surface area contributed by atoms with Gasteiger partial charge in [0.1, 0.15) is 6.54 Å². The van der Waals surface area contributed by atoms with Crippen molar-refractivity contribution in [3.05, 3.63) is 5.69 Å². The van der Waals surface area contributed by atoms with Crippen LogP contribution in [0, 0.1) is 0 Å². The predicted molar refractivity (Wildman–Crippen MR) is 68.3 cm³/mol. The minimum absolute atomic E-state index is 0.0316. The number of amides is 1. The van der Waals surface area contributed by atoms with Gasteiger partial charge in [-0.05, 0) is 13.3 Å². The Morgan fingerprint density at radius 3 is 2.79 bits per heavy atom. The van der Waals surface area contributed by atoms with Crippen molar-refractivity contribution in [3.63, 3.8) is 0 Å². The predicted octanol–water partition coefficient (Wildman–Crippen LogP) is -0.0467. The van der Waals surface area contributed by atoms with Gasteiger partial charge in [-0.3, -0.25) is 4.79 Å². The van der Waals surface area contributed by atoms with Crippen molar-refractivity contribution >= 4 is 17.7 Å². The van der Waals surface area contributed by atoms with Gasteiger partial charge in [-0.15, -0.1) is 5.10 Å². The van der Waals surface area contributed by atoms with Gasteiger partial charge in [0.05, 0.1) is 6.61 Å². The van der Waals surface area contributed by atoms with Gasteiger partial charge in [0.25, 0.3) is 0 Å². The van der Waals surface area contributed by atoms with E-state index in [2.05, 4.69) is 15.6 Å². The van der Waals surface area contributed by atoms with E-state index < -0.39 is 5.97 Å². The molecule has 0 atom stereocenters. The smallest absolute Gasteiger partial charge is 0.362 e. The van der Waals surface area contributed by atoms with E-state index in [1.165, 1.54) is 4.68 Å². The van der Waals surface area contributed by atoms with Crippen molar-refractivity contribution in [2.75, 3.05) is 18.9 Å². The summed E-state index contributed by atoms with van der Waals surface area (Å²) in [7, 11) is 0. The number of anilines is 1. The molecule has 1 heterocycles. The molecule has 19 heavy (non-hydrogen) atoms. The number of esters is 1. The van der Waals surface area contributed by atoms with E-state index in [0.717, 1.165) is 12.8 Å². The summed E-state index contributed by atoms with van der Waals surface area (Å²) in [4.78, 5) is 23.0. The fraction of sp³-hybridized carbons (Fsp3) is 0.636. The number of nitrogens with two attached hydrogens (primary N) is 1. The first kappa shape index (κ1) is 14.9. The monoisotopic (exact) mass is 269 g/mol. The van der Waals surface area contributed by atoms with Crippen molar-refractivity contribution in [1.29, 1.82) is 0 Å². The third-order valence-electron chi connectivity index (χ3n) is 2.39. The number of nitrogens with one attached hydrogen (secondary N) is 1. The molecule has 0 fully saturated rings. The number of hydrogen-bond acceptors (Lipinski definition) is 6. The maximum atomic E-state index is 11.6. The van der Waals surface area contributed by atoms with Gasteiger partial charge in [-0.2, -0.15) is 0 Å². The minimum Gasteiger partial charge on any atom is -0.461 e. The average Bonchev–Trinajstić information content (AvgIpc) is 2.72. The molecule has 0 spiro atoms. The van der Waals surface area contributed by atoms with Gasteiger partial charge < -0.3 is 15.8 Å². The van der Waals surface area contributed by atoms with Crippen LogP contribution >= 0.6 is 0 Å². The van der Waals surface area contributed by atoms with Crippen LogP contribution in [0.4, 0.5) is 5.82 Å². The van der Waals surface area contributed by atoms with E-state index in [1.54, 1.807) is 6.92 Å². The molecule has 1 aromatic heterocycles. The van der Waals surface area contributed by atoms with Crippen LogP contribution in [0.1, 0.15) is 37.2 Å². The molecule has 0 saturated carbocycles. The number of hydrogen-bond donors (Lipinski definition) is 2. The molecule has 1 aromatic rings. The lowest BCUT2D eigenvalue weighted by Gasteiger charge is -2.05. The van der Waals surface area contributed by atoms with Crippen molar-refractivity contribution in [1.82, 2.24) is 20.3 Å². The number of carbonyl (C=O) groups excluding carboxylic acids is 2. The molecule has 1 amide bonds. The van der Waals surface area contributed by atoms with Crippen molar-refractivity contribution in [2.24, 2.45) is 0 Å². The Morgan fingerprint density at radius 2 is 2.16 bits per heavy atom. The summed E-state index contributed by atoms with van der Waals surface area (Å²) in [5, 5.41) is 10.0. The van der Waals surface area contributed by atoms with E-state index in [9.17, 15) is 9.59 Å². The number of rotatable bonds is 7. The van der Waals surface area contributed by atoms with Crippen LogP contribution in [0.15, 0.2) is 0 Å². The Balaban J connectivity index is 2.60. The van der Waals surface area contributed by atoms with Gasteiger partial charge in [0, 0.05) is 6.54 Å². The van der Waals surface area contributed by atoms with Crippen LogP contribution in [0.3, 0.4) is 0 Å². The fourth-order valence-electron chi connectivity index (χ4n) is 1.38. The molecule has 0 aliphatic heterocycles. The third-order valence-corrected chi connectivity index (χ3v) is 2.39. The minimum atomic E-state index is -0.641. The highest BCUT2D eigenvalue weighted by Crippen LogP contribution is 2.08. The maximum absolute atomic E-state index is 11.6. The van der Waals surface area contributed by atoms with Crippen molar-refractivity contribution < 1.29 is 14.3 Å². The van der Waals surface area contributed by atoms with E-state index in [4.69, 9.17) is 10.5 Å². The Kier molecular flexibility index (Phi) is 5.77. The van der Waals surface area contributed by atoms with Crippen molar-refractivity contribution in [2.45, 2.75) is 33.2 Å². The normalized spacial score (nSPS) is 10.2. The van der Waals surface area contributed by atoms with Gasteiger partial charge >= 0.3 is 5.97 Å². The fourth-order valence-corrected chi connectivity index (χ4v) is 1.38. The lowest BCUT2D eigenvalue weighted by molar-refractivity contribution is -0.121. The molecule has 106 valence electrons. The van der Waals surface area contributed by atoms with E-state index >= 15 is 0 Å². The quantitative estimate of drug-likeness (QED) is 0.530. The average molecular weight is 269 g/mol. The Morgan fingerprint density at radius 1 is 1.42 bits per heavy atom. The van der Waals surface area contributed by atoms with E-state index in [-0.39, 0.29) is 30.6 Å². The van der Waals surface area contributed by atoms with Gasteiger partial charge in [-0.1, -0.05) is 18.6 Å². The molecule has 0 aliphatic rings. The summed E-state index contributed by atoms with van der Waals surface area (Å²) in [6.45, 7) is 4.48. The third kappa shape index (κ3) is 4.23. The highest BCUT2D eigenvalue weighted by molar-refractivity contribution is 5.92. The lowest BCUT2D eigenvalue weighted by atomic mass is 10.3. The molecule has 0 saturated heterocycles. The lowest BCUT2D eigenvalue weighted by Crippen LogP contribution is -2.29. The van der Waals surface area contributed by atoms with Crippen LogP contribution in [0.25, 0.3) is 0 Å². The zero-order valence-corrected chi connectivity index (χ0v) is 11.2. The molecular weight excluding hydrogens is 250 g/mol. The van der Waals surface area contributed by atoms with Crippen molar-refractivity contribution in [3.8, 4) is 0 Å². The highest BCUT2D eigenvalue weighted by Gasteiger charge is 2.19. The first-order valence-electron chi connectivity index (χ1n) is 6.22. The van der Waals surface area contributed by atoms with Crippen LogP contribution < -0.4 is 11.1 Å². The highest BCUT2D eigenvalue weighted by atomic mass is 16.5. The maximum Gasteiger partial charge on any atom is 0.362 e. The summed E-state index contributed by atoms with van der Waals surface area (Å²) < 4.78 is 5.95. The molecule has 0 bridgehead atoms. The molecule has 0 radical (unpaired) electrons. The Bertz CT molecular complexity index is 444. The second-order valence-electron chi connectivity index (χ2n) is 3.90. The number of nitrogen functional groups attached to an aromatic ring is 1. The summed E-state index contributed by atoms with van der Waals surface area (Å²) >= 11 is 0. The molecule has 0 unspecified atom stereocenters. The second kappa shape index (κ2) is 7.34. The van der Waals surface area contributed by atoms with Crippen LogP contribution in [0.5, 0.6) is 0 Å². The Labute approximate surface area is 111 Å². The molecule has 1 rings (SSSR count). The summed E-state index contributed by atoms with van der Waals surface area (Å²) in [5.41, 5.74) is 5.63. The Hall–Kier alpha value is -2.12. The molecule has 8 heteroatoms. The zero-order valence-electron chi connectivity index (χ0n) is 11.2. The summed E-state index contributed by atoms with van der Waals surface area (Å²) in [6, 6.07) is 0. The first-order chi connectivity index (χ1) is 9.10. The summed E-state index contributed by atoms with van der Waals surface area (Å²) in [5.74, 6) is -0.831. The molecule has 3 N–H and O–H groups in total. The number of carbonyl (C=O) groups is 2. The van der Waals surface area contributed by atoms with Crippen LogP contribution in [-0.4, -0.2) is 40.0 Å². The number of unbranched alkanes of at least 4 members (excludes halogenated alkanes) is 1. The number of nitrogens with zero attached hydrogens (tertiary/aromatic N) is 3. The molecular formula is C11H19N5O3. The number of aromatic nitrogens is 3. The van der Waals surface area contributed by atoms with Gasteiger partial charge in [0.2, 0.25) is 11.6 Å². The number of ether oxygens (including phenoxy) is 1. The zero-order chi connectivity index (χ0) is 14.3. The SMILES string of the molecule is CCCCNC(=O)Cn1nnc(C(=O)OCC)c1N. The molecule has 8 nitrogen and oxygen atoms in total.